The summed E-state index contributed by atoms with van der Waals surface area (Å²) in [4.78, 5) is 33.5. The number of para-hydroxylation sites is 2. The summed E-state index contributed by atoms with van der Waals surface area (Å²) >= 11 is 0. The Morgan fingerprint density at radius 1 is 1.00 bits per heavy atom. The normalized spacial score (nSPS) is 15.9. The number of piperazine rings is 1. The minimum absolute atomic E-state index is 0.0665. The smallest absolute Gasteiger partial charge is 0.261 e. The van der Waals surface area contributed by atoms with Gasteiger partial charge in [0.05, 0.1) is 7.11 Å². The lowest BCUT2D eigenvalue weighted by Crippen LogP contribution is -2.59. The number of nitrogens with zero attached hydrogens (tertiary/aromatic N) is 3. The number of hydrogen-bond donors (Lipinski definition) is 0. The summed E-state index contributed by atoms with van der Waals surface area (Å²) in [6.07, 6.45) is 4.00. The average molecular weight is 446 g/mol. The highest BCUT2D eigenvalue weighted by molar-refractivity contribution is 5.89. The molecule has 0 saturated carbocycles. The highest BCUT2D eigenvalue weighted by Gasteiger charge is 2.36. The molecule has 0 radical (unpaired) electrons. The first-order valence-electron chi connectivity index (χ1n) is 10.9. The summed E-state index contributed by atoms with van der Waals surface area (Å²) in [6.45, 7) is 0.804. The van der Waals surface area contributed by atoms with Crippen molar-refractivity contribution in [1.82, 2.24) is 14.8 Å². The van der Waals surface area contributed by atoms with E-state index in [2.05, 4.69) is 4.98 Å². The van der Waals surface area contributed by atoms with Gasteiger partial charge in [-0.3, -0.25) is 14.6 Å². The number of rotatable bonds is 7. The van der Waals surface area contributed by atoms with Crippen molar-refractivity contribution >= 4 is 11.8 Å². The summed E-state index contributed by atoms with van der Waals surface area (Å²) in [7, 11) is 3.33. The van der Waals surface area contributed by atoms with Gasteiger partial charge >= 0.3 is 0 Å². The lowest BCUT2D eigenvalue weighted by Gasteiger charge is -2.39. The van der Waals surface area contributed by atoms with Crippen LogP contribution in [0.5, 0.6) is 11.5 Å². The molecule has 170 valence electrons. The number of hydrogen-bond acceptors (Lipinski definition) is 5. The van der Waals surface area contributed by atoms with Crippen molar-refractivity contribution < 1.29 is 19.1 Å². The van der Waals surface area contributed by atoms with Crippen LogP contribution in [0, 0.1) is 0 Å². The Hall–Kier alpha value is -3.87. The van der Waals surface area contributed by atoms with Crippen molar-refractivity contribution in [2.45, 2.75) is 12.5 Å². The van der Waals surface area contributed by atoms with E-state index in [9.17, 15) is 9.59 Å². The molecule has 1 atom stereocenters. The molecule has 0 bridgehead atoms. The lowest BCUT2D eigenvalue weighted by atomic mass is 9.99. The molecule has 2 amide bonds. The molecule has 0 spiro atoms. The van der Waals surface area contributed by atoms with Gasteiger partial charge in [0, 0.05) is 39.0 Å². The maximum atomic E-state index is 13.0. The number of aromatic nitrogens is 1. The second-order valence-corrected chi connectivity index (χ2v) is 7.95. The van der Waals surface area contributed by atoms with Gasteiger partial charge in [-0.05, 0) is 34.9 Å². The van der Waals surface area contributed by atoms with E-state index in [1.165, 1.54) is 0 Å². The number of benzene rings is 2. The van der Waals surface area contributed by atoms with Crippen molar-refractivity contribution in [3.05, 3.63) is 78.6 Å². The molecule has 0 N–H and O–H groups in total. The van der Waals surface area contributed by atoms with Gasteiger partial charge in [0.25, 0.3) is 5.91 Å². The standard InChI is InChI=1S/C26H27N3O4/c1-28-14-15-29(25(30)18-33-24-8-4-3-7-23(24)32-2)22(26(28)31)16-19-9-11-20(12-10-19)21-6-5-13-27-17-21/h3-13,17,22H,14-16,18H2,1-2H3. The highest BCUT2D eigenvalue weighted by atomic mass is 16.5. The van der Waals surface area contributed by atoms with E-state index in [1.54, 1.807) is 42.3 Å². The van der Waals surface area contributed by atoms with Crippen LogP contribution < -0.4 is 9.47 Å². The van der Waals surface area contributed by atoms with E-state index in [0.29, 0.717) is 31.0 Å². The molecule has 1 saturated heterocycles. The van der Waals surface area contributed by atoms with Crippen molar-refractivity contribution in [3.8, 4) is 22.6 Å². The molecule has 33 heavy (non-hydrogen) atoms. The fourth-order valence-electron chi connectivity index (χ4n) is 3.96. The molecule has 4 rings (SSSR count). The van der Waals surface area contributed by atoms with Crippen molar-refractivity contribution in [1.29, 1.82) is 0 Å². The van der Waals surface area contributed by atoms with Crippen LogP contribution in [0.25, 0.3) is 11.1 Å². The predicted octanol–water partition coefficient (Wildman–Crippen LogP) is 3.05. The van der Waals surface area contributed by atoms with Gasteiger partial charge < -0.3 is 19.3 Å². The highest BCUT2D eigenvalue weighted by Crippen LogP contribution is 2.26. The molecule has 1 aliphatic heterocycles. The molecule has 1 fully saturated rings. The second kappa shape index (κ2) is 10.2. The number of carbonyl (C=O) groups is 2. The van der Waals surface area contributed by atoms with Crippen LogP contribution in [0.15, 0.2) is 73.1 Å². The molecule has 0 aliphatic carbocycles. The fourth-order valence-corrected chi connectivity index (χ4v) is 3.96. The molecule has 1 aliphatic rings. The molecule has 2 heterocycles. The molecular weight excluding hydrogens is 418 g/mol. The van der Waals surface area contributed by atoms with E-state index < -0.39 is 6.04 Å². The van der Waals surface area contributed by atoms with Crippen LogP contribution in [0.1, 0.15) is 5.56 Å². The van der Waals surface area contributed by atoms with Crippen LogP contribution in [0.4, 0.5) is 0 Å². The van der Waals surface area contributed by atoms with E-state index >= 15 is 0 Å². The van der Waals surface area contributed by atoms with Crippen LogP contribution in [0.3, 0.4) is 0 Å². The Kier molecular flexibility index (Phi) is 6.88. The Balaban J connectivity index is 1.47. The summed E-state index contributed by atoms with van der Waals surface area (Å²) in [6, 6.07) is 18.5. The largest absolute Gasteiger partial charge is 0.493 e. The Bertz CT molecular complexity index is 1100. The number of carbonyl (C=O) groups excluding carboxylic acids is 2. The van der Waals surface area contributed by atoms with Gasteiger partial charge in [-0.15, -0.1) is 0 Å². The molecule has 7 nitrogen and oxygen atoms in total. The zero-order chi connectivity index (χ0) is 23.2. The third-order valence-corrected chi connectivity index (χ3v) is 5.83. The Morgan fingerprint density at radius 3 is 2.45 bits per heavy atom. The van der Waals surface area contributed by atoms with Gasteiger partial charge in [-0.25, -0.2) is 0 Å². The zero-order valence-corrected chi connectivity index (χ0v) is 18.8. The van der Waals surface area contributed by atoms with Gasteiger partial charge in [0.15, 0.2) is 18.1 Å². The number of amides is 2. The van der Waals surface area contributed by atoms with E-state index in [4.69, 9.17) is 9.47 Å². The van der Waals surface area contributed by atoms with Crippen LogP contribution >= 0.6 is 0 Å². The first-order valence-corrected chi connectivity index (χ1v) is 10.9. The van der Waals surface area contributed by atoms with E-state index in [0.717, 1.165) is 16.7 Å². The first-order chi connectivity index (χ1) is 16.1. The minimum Gasteiger partial charge on any atom is -0.493 e. The number of ether oxygens (including phenoxy) is 2. The SMILES string of the molecule is COc1ccccc1OCC(=O)N1CCN(C)C(=O)C1Cc1ccc(-c2cccnc2)cc1. The maximum Gasteiger partial charge on any atom is 0.261 e. The lowest BCUT2D eigenvalue weighted by molar-refractivity contribution is -0.151. The first kappa shape index (κ1) is 22.3. The van der Waals surface area contributed by atoms with Gasteiger partial charge in [0.2, 0.25) is 5.91 Å². The zero-order valence-electron chi connectivity index (χ0n) is 18.8. The summed E-state index contributed by atoms with van der Waals surface area (Å²) in [5.74, 6) is 0.768. The average Bonchev–Trinajstić information content (AvgIpc) is 2.86. The van der Waals surface area contributed by atoms with E-state index in [1.807, 2.05) is 54.7 Å². The van der Waals surface area contributed by atoms with Crippen molar-refractivity contribution in [2.24, 2.45) is 0 Å². The Morgan fingerprint density at radius 2 is 1.76 bits per heavy atom. The molecule has 3 aromatic rings. The third kappa shape index (κ3) is 5.14. The molecular formula is C26H27N3O4. The van der Waals surface area contributed by atoms with Gasteiger partial charge in [-0.2, -0.15) is 0 Å². The summed E-state index contributed by atoms with van der Waals surface area (Å²) in [5.41, 5.74) is 3.07. The van der Waals surface area contributed by atoms with Gasteiger partial charge in [0.1, 0.15) is 6.04 Å². The second-order valence-electron chi connectivity index (χ2n) is 7.95. The van der Waals surface area contributed by atoms with Crippen molar-refractivity contribution in [2.75, 3.05) is 33.9 Å². The Labute approximate surface area is 193 Å². The molecule has 7 heteroatoms. The van der Waals surface area contributed by atoms with Crippen LogP contribution in [-0.2, 0) is 16.0 Å². The van der Waals surface area contributed by atoms with Gasteiger partial charge in [-0.1, -0.05) is 42.5 Å². The van der Waals surface area contributed by atoms with Crippen molar-refractivity contribution in [3.63, 3.8) is 0 Å². The number of likely N-dealkylation sites (N-methyl/N-ethyl adjacent to an activating group) is 1. The predicted molar refractivity (Wildman–Crippen MR) is 125 cm³/mol. The number of methoxy groups -OCH3 is 1. The molecule has 1 unspecified atom stereocenters. The summed E-state index contributed by atoms with van der Waals surface area (Å²) in [5, 5.41) is 0. The minimum atomic E-state index is -0.568. The maximum absolute atomic E-state index is 13.0. The quantitative estimate of drug-likeness (QED) is 0.559. The fraction of sp³-hybridized carbons (Fsp3) is 0.269. The van der Waals surface area contributed by atoms with Crippen LogP contribution in [0.2, 0.25) is 0 Å². The van der Waals surface area contributed by atoms with Crippen LogP contribution in [-0.4, -0.2) is 66.5 Å². The monoisotopic (exact) mass is 445 g/mol. The number of pyridine rings is 1. The summed E-state index contributed by atoms with van der Waals surface area (Å²) < 4.78 is 11.0. The molecule has 1 aromatic heterocycles. The topological polar surface area (TPSA) is 72.0 Å². The van der Waals surface area contributed by atoms with E-state index in [-0.39, 0.29) is 18.4 Å². The third-order valence-electron chi connectivity index (χ3n) is 5.83. The molecule has 2 aromatic carbocycles.